The molecule has 5 nitrogen and oxygen atoms in total. The first-order valence-electron chi connectivity index (χ1n) is 9.89. The number of carbonyl (C=O) groups is 1. The number of likely N-dealkylation sites (tertiary alicyclic amines) is 2. The van der Waals surface area contributed by atoms with Gasteiger partial charge in [0.25, 0.3) is 5.91 Å². The second kappa shape index (κ2) is 7.49. The highest BCUT2D eigenvalue weighted by Crippen LogP contribution is 2.44. The standard InChI is InChI=1S/C22H29N3O2/c1-23-21(26)20-9-8-19(27-20)16-25-12-10-22(11-13-25)14-18(15-24(22)2)17-6-4-3-5-7-17/h3-9,18H,10-16H2,1-2H3,(H,23,26)/t18-/m1/s1. The van der Waals surface area contributed by atoms with Gasteiger partial charge >= 0.3 is 0 Å². The number of rotatable bonds is 4. The van der Waals surface area contributed by atoms with Crippen LogP contribution in [0, 0.1) is 0 Å². The van der Waals surface area contributed by atoms with E-state index in [1.54, 1.807) is 13.1 Å². The Morgan fingerprint density at radius 1 is 1.19 bits per heavy atom. The molecule has 0 aliphatic carbocycles. The highest BCUT2D eigenvalue weighted by molar-refractivity contribution is 5.91. The summed E-state index contributed by atoms with van der Waals surface area (Å²) in [5.41, 5.74) is 1.80. The van der Waals surface area contributed by atoms with E-state index in [4.69, 9.17) is 4.42 Å². The fraction of sp³-hybridized carbons (Fsp3) is 0.500. The van der Waals surface area contributed by atoms with Crippen molar-refractivity contribution in [1.29, 1.82) is 0 Å². The topological polar surface area (TPSA) is 48.7 Å². The molecule has 0 saturated carbocycles. The van der Waals surface area contributed by atoms with Gasteiger partial charge in [0.15, 0.2) is 5.76 Å². The van der Waals surface area contributed by atoms with Gasteiger partial charge in [-0.3, -0.25) is 14.6 Å². The third-order valence-corrected chi connectivity index (χ3v) is 6.48. The SMILES string of the molecule is CNC(=O)c1ccc(CN2CCC3(CC2)C[C@@H](c2ccccc2)CN3C)o1. The van der Waals surface area contributed by atoms with Crippen LogP contribution in [0.5, 0.6) is 0 Å². The van der Waals surface area contributed by atoms with Gasteiger partial charge in [0.2, 0.25) is 0 Å². The second-order valence-corrected chi connectivity index (χ2v) is 8.04. The van der Waals surface area contributed by atoms with Gasteiger partial charge in [-0.2, -0.15) is 0 Å². The molecule has 5 heteroatoms. The second-order valence-electron chi connectivity index (χ2n) is 8.04. The number of nitrogens with zero attached hydrogens (tertiary/aromatic N) is 2. The molecule has 2 saturated heterocycles. The summed E-state index contributed by atoms with van der Waals surface area (Å²) in [4.78, 5) is 16.7. The number of hydrogen-bond acceptors (Lipinski definition) is 4. The van der Waals surface area contributed by atoms with Crippen molar-refractivity contribution in [3.05, 3.63) is 59.5 Å². The number of benzene rings is 1. The minimum Gasteiger partial charge on any atom is -0.455 e. The van der Waals surface area contributed by atoms with Gasteiger partial charge in [-0.25, -0.2) is 0 Å². The zero-order valence-electron chi connectivity index (χ0n) is 16.3. The van der Waals surface area contributed by atoms with Crippen LogP contribution in [0.2, 0.25) is 0 Å². The van der Waals surface area contributed by atoms with Gasteiger partial charge in [-0.1, -0.05) is 30.3 Å². The summed E-state index contributed by atoms with van der Waals surface area (Å²) >= 11 is 0. The zero-order chi connectivity index (χ0) is 18.9. The molecular weight excluding hydrogens is 338 g/mol. The van der Waals surface area contributed by atoms with E-state index in [0.29, 0.717) is 17.2 Å². The lowest BCUT2D eigenvalue weighted by atomic mass is 9.81. The molecule has 1 amide bonds. The fourth-order valence-corrected chi connectivity index (χ4v) is 4.79. The number of furan rings is 1. The van der Waals surface area contributed by atoms with E-state index >= 15 is 0 Å². The van der Waals surface area contributed by atoms with E-state index in [-0.39, 0.29) is 5.91 Å². The lowest BCUT2D eigenvalue weighted by molar-refractivity contribution is 0.0638. The summed E-state index contributed by atoms with van der Waals surface area (Å²) in [6.07, 6.45) is 3.63. The largest absolute Gasteiger partial charge is 0.455 e. The minimum atomic E-state index is -0.168. The Morgan fingerprint density at radius 3 is 2.63 bits per heavy atom. The van der Waals surface area contributed by atoms with Crippen molar-refractivity contribution in [3.63, 3.8) is 0 Å². The molecule has 1 aromatic carbocycles. The summed E-state index contributed by atoms with van der Waals surface area (Å²) in [6, 6.07) is 14.6. The maximum atomic E-state index is 11.6. The van der Waals surface area contributed by atoms with Crippen molar-refractivity contribution in [2.45, 2.75) is 37.3 Å². The molecule has 2 aromatic rings. The quantitative estimate of drug-likeness (QED) is 0.902. The van der Waals surface area contributed by atoms with Crippen molar-refractivity contribution < 1.29 is 9.21 Å². The number of piperidine rings is 1. The molecule has 2 aliphatic rings. The number of nitrogens with one attached hydrogen (secondary N) is 1. The molecule has 3 heterocycles. The molecule has 0 bridgehead atoms. The number of carbonyl (C=O) groups excluding carboxylic acids is 1. The van der Waals surface area contributed by atoms with Crippen LogP contribution in [-0.2, 0) is 6.54 Å². The summed E-state index contributed by atoms with van der Waals surface area (Å²) in [7, 11) is 3.91. The lowest BCUT2D eigenvalue weighted by Gasteiger charge is -2.43. The van der Waals surface area contributed by atoms with E-state index in [1.807, 2.05) is 6.07 Å². The van der Waals surface area contributed by atoms with E-state index in [9.17, 15) is 4.79 Å². The molecular formula is C22H29N3O2. The van der Waals surface area contributed by atoms with Crippen molar-refractivity contribution >= 4 is 5.91 Å². The first-order chi connectivity index (χ1) is 13.1. The summed E-state index contributed by atoms with van der Waals surface area (Å²) in [5, 5.41) is 2.60. The van der Waals surface area contributed by atoms with Crippen molar-refractivity contribution in [1.82, 2.24) is 15.1 Å². The molecule has 0 radical (unpaired) electrons. The van der Waals surface area contributed by atoms with Crippen LogP contribution in [0.25, 0.3) is 0 Å². The van der Waals surface area contributed by atoms with E-state index < -0.39 is 0 Å². The molecule has 4 rings (SSSR count). The Balaban J connectivity index is 1.36. The normalized spacial score (nSPS) is 23.0. The van der Waals surface area contributed by atoms with Crippen LogP contribution < -0.4 is 5.32 Å². The first kappa shape index (κ1) is 18.3. The lowest BCUT2D eigenvalue weighted by Crippen LogP contribution is -2.50. The Labute approximate surface area is 161 Å². The smallest absolute Gasteiger partial charge is 0.286 e. The van der Waals surface area contributed by atoms with Crippen LogP contribution >= 0.6 is 0 Å². The summed E-state index contributed by atoms with van der Waals surface area (Å²) in [6.45, 7) is 4.07. The van der Waals surface area contributed by atoms with Crippen LogP contribution in [0.15, 0.2) is 46.9 Å². The maximum absolute atomic E-state index is 11.6. The predicted molar refractivity (Wildman–Crippen MR) is 106 cm³/mol. The first-order valence-corrected chi connectivity index (χ1v) is 9.89. The Bertz CT molecular complexity index is 778. The average molecular weight is 367 g/mol. The van der Waals surface area contributed by atoms with Crippen molar-refractivity contribution in [2.75, 3.05) is 33.7 Å². The monoisotopic (exact) mass is 367 g/mol. The van der Waals surface area contributed by atoms with Gasteiger partial charge < -0.3 is 9.73 Å². The molecule has 1 spiro atoms. The van der Waals surface area contributed by atoms with Crippen molar-refractivity contribution in [2.24, 2.45) is 0 Å². The third kappa shape index (κ3) is 3.66. The van der Waals surface area contributed by atoms with Crippen LogP contribution in [0.3, 0.4) is 0 Å². The van der Waals surface area contributed by atoms with Crippen molar-refractivity contribution in [3.8, 4) is 0 Å². The Kier molecular flexibility index (Phi) is 5.06. The van der Waals surface area contributed by atoms with Crippen LogP contribution in [0.1, 0.15) is 47.1 Å². The molecule has 27 heavy (non-hydrogen) atoms. The molecule has 2 aliphatic heterocycles. The minimum absolute atomic E-state index is 0.168. The van der Waals surface area contributed by atoms with Gasteiger partial charge in [0.05, 0.1) is 6.54 Å². The molecule has 1 N–H and O–H groups in total. The van der Waals surface area contributed by atoms with E-state index in [0.717, 1.165) is 31.9 Å². The number of hydrogen-bond donors (Lipinski definition) is 1. The van der Waals surface area contributed by atoms with E-state index in [2.05, 4.69) is 52.5 Å². The van der Waals surface area contributed by atoms with Gasteiger partial charge in [0.1, 0.15) is 5.76 Å². The number of amides is 1. The number of likely N-dealkylation sites (N-methyl/N-ethyl adjacent to an activating group) is 1. The fourth-order valence-electron chi connectivity index (χ4n) is 4.79. The average Bonchev–Trinajstić information content (AvgIpc) is 3.29. The highest BCUT2D eigenvalue weighted by atomic mass is 16.4. The maximum Gasteiger partial charge on any atom is 0.286 e. The Hall–Kier alpha value is -2.11. The summed E-state index contributed by atoms with van der Waals surface area (Å²) < 4.78 is 5.69. The zero-order valence-corrected chi connectivity index (χ0v) is 16.3. The van der Waals surface area contributed by atoms with Gasteiger partial charge in [0, 0.05) is 32.2 Å². The third-order valence-electron chi connectivity index (χ3n) is 6.48. The van der Waals surface area contributed by atoms with Gasteiger partial charge in [-0.15, -0.1) is 0 Å². The van der Waals surface area contributed by atoms with Crippen LogP contribution in [-0.4, -0.2) is 55.0 Å². The molecule has 2 fully saturated rings. The highest BCUT2D eigenvalue weighted by Gasteiger charge is 2.45. The van der Waals surface area contributed by atoms with E-state index in [1.165, 1.54) is 24.8 Å². The summed E-state index contributed by atoms with van der Waals surface area (Å²) in [5.74, 6) is 1.73. The van der Waals surface area contributed by atoms with Crippen LogP contribution in [0.4, 0.5) is 0 Å². The van der Waals surface area contributed by atoms with Gasteiger partial charge in [-0.05, 0) is 49.9 Å². The molecule has 1 aromatic heterocycles. The molecule has 0 unspecified atom stereocenters. The predicted octanol–water partition coefficient (Wildman–Crippen LogP) is 3.09. The molecule has 144 valence electrons. The molecule has 1 atom stereocenters. The Morgan fingerprint density at radius 2 is 1.93 bits per heavy atom.